The number of nitrogens with one attached hydrogen (secondary N) is 1. The average molecular weight is 247 g/mol. The molecule has 0 amide bonds. The highest BCUT2D eigenvalue weighted by Crippen LogP contribution is 2.15. The monoisotopic (exact) mass is 246 g/mol. The van der Waals surface area contributed by atoms with Gasteiger partial charge in [0, 0.05) is 13.1 Å². The summed E-state index contributed by atoms with van der Waals surface area (Å²) in [6.45, 7) is 0.533. The lowest BCUT2D eigenvalue weighted by Crippen LogP contribution is -2.40. The molecule has 1 aromatic rings. The fourth-order valence-corrected chi connectivity index (χ4v) is 1.31. The molecule has 0 aliphatic heterocycles. The maximum atomic E-state index is 12.8. The SMILES string of the molecule is NC(CNCc1ccc(F)c(Cl)c1)C(=O)O. The lowest BCUT2D eigenvalue weighted by molar-refractivity contribution is -0.138. The first-order chi connectivity index (χ1) is 7.50. The largest absolute Gasteiger partial charge is 0.480 e. The minimum absolute atomic E-state index is 0.0434. The molecular formula is C10H12ClFN2O2. The quantitative estimate of drug-likeness (QED) is 0.724. The standard InChI is InChI=1S/C10H12ClFN2O2/c11-7-3-6(1-2-8(7)12)4-14-5-9(13)10(15)16/h1-3,9,14H,4-5,13H2,(H,15,16). The summed E-state index contributed by atoms with van der Waals surface area (Å²) in [4.78, 5) is 10.4. The number of carboxylic acid groups (broad SMARTS) is 1. The van der Waals surface area contributed by atoms with Crippen LogP contribution in [0, 0.1) is 5.82 Å². The van der Waals surface area contributed by atoms with Gasteiger partial charge in [-0.25, -0.2) is 4.39 Å². The number of carbonyl (C=O) groups is 1. The molecule has 16 heavy (non-hydrogen) atoms. The molecule has 0 aliphatic rings. The number of hydrogen-bond acceptors (Lipinski definition) is 3. The number of carboxylic acids is 1. The van der Waals surface area contributed by atoms with Crippen molar-refractivity contribution in [2.45, 2.75) is 12.6 Å². The van der Waals surface area contributed by atoms with Crippen LogP contribution in [0.1, 0.15) is 5.56 Å². The number of hydrogen-bond donors (Lipinski definition) is 3. The predicted octanol–water partition coefficient (Wildman–Crippen LogP) is 0.981. The number of benzene rings is 1. The van der Waals surface area contributed by atoms with E-state index in [1.165, 1.54) is 12.1 Å². The molecule has 0 aromatic heterocycles. The number of nitrogens with two attached hydrogens (primary N) is 1. The average Bonchev–Trinajstić information content (AvgIpc) is 2.23. The van der Waals surface area contributed by atoms with Crippen molar-refractivity contribution < 1.29 is 14.3 Å². The van der Waals surface area contributed by atoms with E-state index in [2.05, 4.69) is 5.32 Å². The summed E-state index contributed by atoms with van der Waals surface area (Å²) < 4.78 is 12.8. The molecule has 1 rings (SSSR count). The Bertz CT molecular complexity index is 387. The van der Waals surface area contributed by atoms with Gasteiger partial charge in [-0.1, -0.05) is 17.7 Å². The van der Waals surface area contributed by atoms with Gasteiger partial charge >= 0.3 is 5.97 Å². The van der Waals surface area contributed by atoms with E-state index >= 15 is 0 Å². The molecule has 4 N–H and O–H groups in total. The van der Waals surface area contributed by atoms with E-state index in [9.17, 15) is 9.18 Å². The molecule has 0 aliphatic carbocycles. The summed E-state index contributed by atoms with van der Waals surface area (Å²) in [6.07, 6.45) is 0. The summed E-state index contributed by atoms with van der Waals surface area (Å²) >= 11 is 5.58. The van der Waals surface area contributed by atoms with E-state index in [-0.39, 0.29) is 11.6 Å². The van der Waals surface area contributed by atoms with Crippen molar-refractivity contribution in [1.29, 1.82) is 0 Å². The lowest BCUT2D eigenvalue weighted by Gasteiger charge is -2.08. The van der Waals surface area contributed by atoms with E-state index in [4.69, 9.17) is 22.4 Å². The fraction of sp³-hybridized carbons (Fsp3) is 0.300. The molecule has 0 bridgehead atoms. The Morgan fingerprint density at radius 3 is 2.88 bits per heavy atom. The minimum Gasteiger partial charge on any atom is -0.480 e. The van der Waals surface area contributed by atoms with E-state index < -0.39 is 17.8 Å². The fourth-order valence-electron chi connectivity index (χ4n) is 1.11. The maximum absolute atomic E-state index is 12.8. The van der Waals surface area contributed by atoms with Crippen LogP contribution in [-0.2, 0) is 11.3 Å². The van der Waals surface area contributed by atoms with Gasteiger partial charge in [0.15, 0.2) is 0 Å². The van der Waals surface area contributed by atoms with E-state index in [1.54, 1.807) is 6.07 Å². The summed E-state index contributed by atoms with van der Waals surface area (Å²) in [7, 11) is 0. The van der Waals surface area contributed by atoms with Crippen LogP contribution in [0.25, 0.3) is 0 Å². The molecule has 0 saturated heterocycles. The van der Waals surface area contributed by atoms with Gasteiger partial charge in [-0.15, -0.1) is 0 Å². The van der Waals surface area contributed by atoms with Crippen molar-refractivity contribution in [3.8, 4) is 0 Å². The second-order valence-electron chi connectivity index (χ2n) is 3.32. The van der Waals surface area contributed by atoms with Crippen molar-refractivity contribution in [3.63, 3.8) is 0 Å². The number of rotatable bonds is 5. The third-order valence-electron chi connectivity index (χ3n) is 1.99. The minimum atomic E-state index is -1.07. The van der Waals surface area contributed by atoms with Crippen molar-refractivity contribution in [1.82, 2.24) is 5.32 Å². The van der Waals surface area contributed by atoms with Crippen molar-refractivity contribution in [3.05, 3.63) is 34.6 Å². The smallest absolute Gasteiger partial charge is 0.321 e. The third kappa shape index (κ3) is 3.77. The molecule has 1 unspecified atom stereocenters. The third-order valence-corrected chi connectivity index (χ3v) is 2.28. The molecule has 1 atom stereocenters. The van der Waals surface area contributed by atoms with Crippen LogP contribution < -0.4 is 11.1 Å². The molecule has 1 aromatic carbocycles. The molecule has 6 heteroatoms. The summed E-state index contributed by atoms with van der Waals surface area (Å²) in [6, 6.07) is 3.36. The molecule has 4 nitrogen and oxygen atoms in total. The van der Waals surface area contributed by atoms with Gasteiger partial charge in [0.2, 0.25) is 0 Å². The van der Waals surface area contributed by atoms with Crippen LogP contribution in [-0.4, -0.2) is 23.7 Å². The summed E-state index contributed by atoms with van der Waals surface area (Å²) in [5.74, 6) is -1.54. The van der Waals surface area contributed by atoms with E-state index in [0.29, 0.717) is 6.54 Å². The molecule has 0 fully saturated rings. The zero-order valence-corrected chi connectivity index (χ0v) is 9.17. The predicted molar refractivity (Wildman–Crippen MR) is 58.7 cm³/mol. The van der Waals surface area contributed by atoms with Gasteiger partial charge in [-0.2, -0.15) is 0 Å². The zero-order chi connectivity index (χ0) is 12.1. The Hall–Kier alpha value is -1.17. The Balaban J connectivity index is 2.43. The first-order valence-corrected chi connectivity index (χ1v) is 5.01. The maximum Gasteiger partial charge on any atom is 0.321 e. The van der Waals surface area contributed by atoms with Crippen LogP contribution >= 0.6 is 11.6 Å². The van der Waals surface area contributed by atoms with Crippen LogP contribution in [0.2, 0.25) is 5.02 Å². The van der Waals surface area contributed by atoms with Gasteiger partial charge in [-0.3, -0.25) is 4.79 Å². The molecule has 0 radical (unpaired) electrons. The summed E-state index contributed by atoms with van der Waals surface area (Å²) in [5.41, 5.74) is 6.05. The highest BCUT2D eigenvalue weighted by atomic mass is 35.5. The van der Waals surface area contributed by atoms with Crippen LogP contribution in [0.15, 0.2) is 18.2 Å². The highest BCUT2D eigenvalue weighted by Gasteiger charge is 2.10. The van der Waals surface area contributed by atoms with Gasteiger partial charge in [0.1, 0.15) is 11.9 Å². The Labute approximate surface area is 97.2 Å². The summed E-state index contributed by atoms with van der Waals surface area (Å²) in [5, 5.41) is 11.4. The van der Waals surface area contributed by atoms with E-state index in [1.807, 2.05) is 0 Å². The van der Waals surface area contributed by atoms with Gasteiger partial charge in [0.25, 0.3) is 0 Å². The lowest BCUT2D eigenvalue weighted by atomic mass is 10.2. The van der Waals surface area contributed by atoms with Crippen molar-refractivity contribution >= 4 is 17.6 Å². The van der Waals surface area contributed by atoms with Gasteiger partial charge in [0.05, 0.1) is 5.02 Å². The van der Waals surface area contributed by atoms with Crippen molar-refractivity contribution in [2.75, 3.05) is 6.54 Å². The second kappa shape index (κ2) is 5.79. The molecule has 0 spiro atoms. The zero-order valence-electron chi connectivity index (χ0n) is 8.41. The number of aliphatic carboxylic acids is 1. The molecule has 88 valence electrons. The van der Waals surface area contributed by atoms with Crippen LogP contribution in [0.4, 0.5) is 4.39 Å². The van der Waals surface area contributed by atoms with Gasteiger partial charge in [-0.05, 0) is 17.7 Å². The molecule has 0 heterocycles. The first-order valence-electron chi connectivity index (χ1n) is 4.63. The van der Waals surface area contributed by atoms with Crippen LogP contribution in [0.5, 0.6) is 0 Å². The first kappa shape index (κ1) is 12.9. The normalized spacial score (nSPS) is 12.4. The van der Waals surface area contributed by atoms with E-state index in [0.717, 1.165) is 5.56 Å². The van der Waals surface area contributed by atoms with Crippen molar-refractivity contribution in [2.24, 2.45) is 5.73 Å². The Kier molecular flexibility index (Phi) is 4.67. The Morgan fingerprint density at radius 2 is 2.31 bits per heavy atom. The number of halogens is 2. The highest BCUT2D eigenvalue weighted by molar-refractivity contribution is 6.30. The molecular weight excluding hydrogens is 235 g/mol. The van der Waals surface area contributed by atoms with Crippen LogP contribution in [0.3, 0.4) is 0 Å². The Morgan fingerprint density at radius 1 is 1.62 bits per heavy atom. The molecule has 0 saturated carbocycles. The van der Waals surface area contributed by atoms with Gasteiger partial charge < -0.3 is 16.2 Å². The topological polar surface area (TPSA) is 75.3 Å². The second-order valence-corrected chi connectivity index (χ2v) is 3.73.